The van der Waals surface area contributed by atoms with E-state index >= 15 is 0 Å². The van der Waals surface area contributed by atoms with Gasteiger partial charge in [-0.2, -0.15) is 0 Å². The van der Waals surface area contributed by atoms with Crippen molar-refractivity contribution in [2.45, 2.75) is 50.7 Å². The fourth-order valence-corrected chi connectivity index (χ4v) is 4.98. The van der Waals surface area contributed by atoms with E-state index in [9.17, 15) is 4.79 Å². The fraction of sp³-hybridized carbons (Fsp3) is 0.300. The van der Waals surface area contributed by atoms with E-state index in [0.29, 0.717) is 22.8 Å². The van der Waals surface area contributed by atoms with Crippen molar-refractivity contribution < 1.29 is 9.53 Å². The molecule has 2 aromatic rings. The van der Waals surface area contributed by atoms with Crippen LogP contribution in [0.5, 0.6) is 5.75 Å². The van der Waals surface area contributed by atoms with Crippen LogP contribution < -0.4 is 26.4 Å². The van der Waals surface area contributed by atoms with Crippen LogP contribution >= 0.6 is 0 Å². The number of nitrogen functional groups attached to an aromatic ring is 1. The molecular weight excluding hydrogens is 476 g/mol. The average Bonchev–Trinajstić information content (AvgIpc) is 3.19. The summed E-state index contributed by atoms with van der Waals surface area (Å²) in [4.78, 5) is 17.4. The maximum Gasteiger partial charge on any atom is 0.258 e. The van der Waals surface area contributed by atoms with Crippen molar-refractivity contribution in [2.24, 2.45) is 4.99 Å². The van der Waals surface area contributed by atoms with Crippen LogP contribution in [0, 0.1) is 5.41 Å². The molecule has 38 heavy (non-hydrogen) atoms. The molecule has 1 fully saturated rings. The molecule has 2 aliphatic carbocycles. The lowest BCUT2D eigenvalue weighted by atomic mass is 9.95. The topological polar surface area (TPSA) is 125 Å². The zero-order chi connectivity index (χ0) is 26.3. The van der Waals surface area contributed by atoms with Crippen LogP contribution in [0.25, 0.3) is 0 Å². The summed E-state index contributed by atoms with van der Waals surface area (Å²) in [5, 5.41) is 17.7. The summed E-state index contributed by atoms with van der Waals surface area (Å²) in [7, 11) is 0. The van der Waals surface area contributed by atoms with Gasteiger partial charge in [-0.3, -0.25) is 4.79 Å². The van der Waals surface area contributed by atoms with Crippen molar-refractivity contribution in [2.75, 3.05) is 17.7 Å². The van der Waals surface area contributed by atoms with Gasteiger partial charge in [-0.15, -0.1) is 0 Å². The number of benzene rings is 2. The number of carbonyl (C=O) groups is 1. The lowest BCUT2D eigenvalue weighted by molar-refractivity contribution is -0.124. The standard InChI is InChI=1S/C30H34N6O2/c31-18-21-16-23(14-15-26(21)32)34-30-25-12-5-2-6-13-27(25)35-29(36-30)20-8-7-11-24(17-20)38-19-28(37)33-22-9-3-1-4-10-22/h2,6-8,11-18,22,30-31,34H,1,3-5,9-10,19,32H2,(H,33,37)(H,35,36). The number of hydrogen-bond donors (Lipinski definition) is 5. The molecule has 2 aromatic carbocycles. The molecule has 1 unspecified atom stereocenters. The number of amidine groups is 1. The van der Waals surface area contributed by atoms with Gasteiger partial charge in [0.1, 0.15) is 17.8 Å². The Morgan fingerprint density at radius 3 is 2.89 bits per heavy atom. The van der Waals surface area contributed by atoms with Gasteiger partial charge in [0.2, 0.25) is 0 Å². The molecule has 1 atom stereocenters. The lowest BCUT2D eigenvalue weighted by Gasteiger charge is -2.29. The monoisotopic (exact) mass is 510 g/mol. The molecule has 0 radical (unpaired) electrons. The Balaban J connectivity index is 1.34. The molecule has 196 valence electrons. The predicted octanol–water partition coefficient (Wildman–Crippen LogP) is 4.65. The van der Waals surface area contributed by atoms with Crippen molar-refractivity contribution in [1.82, 2.24) is 10.6 Å². The van der Waals surface area contributed by atoms with E-state index < -0.39 is 0 Å². The number of amides is 1. The second kappa shape index (κ2) is 11.8. The molecule has 5 rings (SSSR count). The van der Waals surface area contributed by atoms with Gasteiger partial charge in [-0.25, -0.2) is 4.99 Å². The summed E-state index contributed by atoms with van der Waals surface area (Å²) in [5.41, 5.74) is 10.9. The number of nitrogens with one attached hydrogen (secondary N) is 4. The molecule has 6 N–H and O–H groups in total. The Morgan fingerprint density at radius 1 is 1.18 bits per heavy atom. The van der Waals surface area contributed by atoms with E-state index in [2.05, 4.69) is 28.1 Å². The summed E-state index contributed by atoms with van der Waals surface area (Å²) in [6.07, 6.45) is 15.7. The second-order valence-electron chi connectivity index (χ2n) is 9.76. The van der Waals surface area contributed by atoms with E-state index in [0.717, 1.165) is 41.8 Å². The van der Waals surface area contributed by atoms with E-state index in [4.69, 9.17) is 20.9 Å². The molecule has 1 aliphatic heterocycles. The minimum atomic E-state index is -0.342. The van der Waals surface area contributed by atoms with Crippen LogP contribution in [-0.4, -0.2) is 36.8 Å². The van der Waals surface area contributed by atoms with Crippen molar-refractivity contribution in [3.8, 4) is 5.75 Å². The number of fused-ring (bicyclic) bond motifs is 1. The molecule has 8 nitrogen and oxygen atoms in total. The van der Waals surface area contributed by atoms with Crippen LogP contribution in [0.3, 0.4) is 0 Å². The van der Waals surface area contributed by atoms with E-state index in [1.54, 1.807) is 6.07 Å². The Labute approximate surface area is 223 Å². The van der Waals surface area contributed by atoms with Gasteiger partial charge in [-0.05, 0) is 55.7 Å². The molecule has 0 saturated heterocycles. The van der Waals surface area contributed by atoms with Crippen LogP contribution in [-0.2, 0) is 4.79 Å². The summed E-state index contributed by atoms with van der Waals surface area (Å²) >= 11 is 0. The lowest BCUT2D eigenvalue weighted by Crippen LogP contribution is -2.39. The number of allylic oxidation sites excluding steroid dienone is 4. The predicted molar refractivity (Wildman–Crippen MR) is 153 cm³/mol. The van der Waals surface area contributed by atoms with Crippen molar-refractivity contribution in [3.63, 3.8) is 0 Å². The molecule has 8 heteroatoms. The van der Waals surface area contributed by atoms with Gasteiger partial charge >= 0.3 is 0 Å². The quantitative estimate of drug-likeness (QED) is 0.261. The van der Waals surface area contributed by atoms with Crippen LogP contribution in [0.2, 0.25) is 0 Å². The van der Waals surface area contributed by atoms with Gasteiger partial charge in [0.25, 0.3) is 5.91 Å². The van der Waals surface area contributed by atoms with Gasteiger partial charge in [0, 0.05) is 46.0 Å². The highest BCUT2D eigenvalue weighted by Crippen LogP contribution is 2.27. The SMILES string of the molecule is N=Cc1cc(NC2N=C(c3cccc(OCC(=O)NC4CCCCC4)c3)NC3=CC=CCC=C32)ccc1N. The molecule has 1 heterocycles. The fourth-order valence-electron chi connectivity index (χ4n) is 4.98. The Morgan fingerprint density at radius 2 is 2.05 bits per heavy atom. The first-order chi connectivity index (χ1) is 18.6. The molecule has 0 aromatic heterocycles. The molecular formula is C30H34N6O2. The normalized spacial score (nSPS) is 19.1. The highest BCUT2D eigenvalue weighted by Gasteiger charge is 2.25. The minimum absolute atomic E-state index is 0.0145. The number of ether oxygens (including phenoxy) is 1. The molecule has 0 spiro atoms. The highest BCUT2D eigenvalue weighted by molar-refractivity contribution is 6.02. The molecule has 1 saturated carbocycles. The van der Waals surface area contributed by atoms with Crippen molar-refractivity contribution in [3.05, 3.63) is 89.2 Å². The summed E-state index contributed by atoms with van der Waals surface area (Å²) in [5.74, 6) is 1.22. The first-order valence-corrected chi connectivity index (χ1v) is 13.2. The highest BCUT2D eigenvalue weighted by atomic mass is 16.5. The number of hydrogen-bond acceptors (Lipinski definition) is 7. The Bertz CT molecular complexity index is 1320. The van der Waals surface area contributed by atoms with Gasteiger partial charge in [0.05, 0.1) is 0 Å². The first kappa shape index (κ1) is 25.3. The number of nitrogens with zero attached hydrogens (tertiary/aromatic N) is 1. The molecule has 1 amide bonds. The Kier molecular flexibility index (Phi) is 7.87. The van der Waals surface area contributed by atoms with E-state index in [1.165, 1.54) is 25.5 Å². The number of aliphatic imine (C=N–C) groups is 1. The first-order valence-electron chi connectivity index (χ1n) is 13.2. The van der Waals surface area contributed by atoms with E-state index in [-0.39, 0.29) is 24.7 Å². The maximum absolute atomic E-state index is 12.4. The summed E-state index contributed by atoms with van der Waals surface area (Å²) < 4.78 is 5.85. The largest absolute Gasteiger partial charge is 0.484 e. The smallest absolute Gasteiger partial charge is 0.258 e. The zero-order valence-electron chi connectivity index (χ0n) is 21.4. The van der Waals surface area contributed by atoms with Gasteiger partial charge in [-0.1, -0.05) is 49.6 Å². The van der Waals surface area contributed by atoms with E-state index in [1.807, 2.05) is 48.6 Å². The third kappa shape index (κ3) is 6.14. The number of anilines is 2. The van der Waals surface area contributed by atoms with Crippen LogP contribution in [0.4, 0.5) is 11.4 Å². The number of rotatable bonds is 8. The zero-order valence-corrected chi connectivity index (χ0v) is 21.4. The van der Waals surface area contributed by atoms with Gasteiger partial charge < -0.3 is 31.8 Å². The third-order valence-corrected chi connectivity index (χ3v) is 6.98. The molecule has 3 aliphatic rings. The van der Waals surface area contributed by atoms with Crippen molar-refractivity contribution in [1.29, 1.82) is 5.41 Å². The van der Waals surface area contributed by atoms with Crippen molar-refractivity contribution >= 4 is 29.3 Å². The molecule has 0 bridgehead atoms. The summed E-state index contributed by atoms with van der Waals surface area (Å²) in [6.45, 7) is -0.0145. The minimum Gasteiger partial charge on any atom is -0.484 e. The average molecular weight is 511 g/mol. The number of carbonyl (C=O) groups excluding carboxylic acids is 1. The van der Waals surface area contributed by atoms with Crippen LogP contribution in [0.1, 0.15) is 49.7 Å². The Hall–Kier alpha value is -4.33. The van der Waals surface area contributed by atoms with Crippen LogP contribution in [0.15, 0.2) is 83.0 Å². The number of nitrogens with two attached hydrogens (primary N) is 1. The third-order valence-electron chi connectivity index (χ3n) is 6.98. The second-order valence-corrected chi connectivity index (χ2v) is 9.76. The van der Waals surface area contributed by atoms with Gasteiger partial charge in [0.15, 0.2) is 6.61 Å². The maximum atomic E-state index is 12.4. The summed E-state index contributed by atoms with van der Waals surface area (Å²) in [6, 6.07) is 13.4.